The number of imide groups is 1. The highest BCUT2D eigenvalue weighted by atomic mass is 31.2. The summed E-state index contributed by atoms with van der Waals surface area (Å²) in [7, 11) is 1.65. The number of fused-ring (bicyclic) bond motifs is 1. The summed E-state index contributed by atoms with van der Waals surface area (Å²) in [6.45, 7) is 9.75. The van der Waals surface area contributed by atoms with Crippen LogP contribution in [0.1, 0.15) is 90.8 Å². The highest BCUT2D eigenvalue weighted by molar-refractivity contribution is 7.44. The summed E-state index contributed by atoms with van der Waals surface area (Å²) in [5, 5.41) is 9.37. The lowest BCUT2D eigenvalue weighted by atomic mass is 9.80. The molecule has 2 aliphatic rings. The molecule has 1 fully saturated rings. The van der Waals surface area contributed by atoms with E-state index >= 15 is 0 Å². The molecule has 4 aromatic rings. The van der Waals surface area contributed by atoms with Crippen molar-refractivity contribution in [3.63, 3.8) is 0 Å². The summed E-state index contributed by atoms with van der Waals surface area (Å²) in [6, 6.07) is 35.0. The van der Waals surface area contributed by atoms with Crippen LogP contribution in [0.25, 0.3) is 0 Å². The lowest BCUT2D eigenvalue weighted by molar-refractivity contribution is -0.130. The molecule has 0 N–H and O–H groups in total. The fourth-order valence-corrected chi connectivity index (χ4v) is 9.96. The lowest BCUT2D eigenvalue weighted by Gasteiger charge is -2.39. The van der Waals surface area contributed by atoms with Gasteiger partial charge >= 0.3 is 0 Å². The Balaban J connectivity index is 1.28. The summed E-state index contributed by atoms with van der Waals surface area (Å²) in [5.74, 6) is 0.523. The number of rotatable bonds is 21. The predicted molar refractivity (Wildman–Crippen MR) is 234 cm³/mol. The smallest absolute Gasteiger partial charge is 0.261 e. The van der Waals surface area contributed by atoms with Gasteiger partial charge in [0.25, 0.3) is 20.3 Å². The molecule has 6 rings (SSSR count). The molecule has 1 saturated heterocycles. The van der Waals surface area contributed by atoms with E-state index in [1.807, 2.05) is 71.6 Å². The second-order valence-corrected chi connectivity index (χ2v) is 17.2. The molecule has 0 spiro atoms. The van der Waals surface area contributed by atoms with Crippen LogP contribution in [0.4, 0.5) is 0 Å². The Morgan fingerprint density at radius 3 is 1.85 bits per heavy atom. The number of likely N-dealkylation sites (tertiary alicyclic amines) is 1. The summed E-state index contributed by atoms with van der Waals surface area (Å²) < 4.78 is 34.0. The second kappa shape index (κ2) is 21.1. The monoisotopic (exact) mass is 848 g/mol. The van der Waals surface area contributed by atoms with Gasteiger partial charge in [-0.1, -0.05) is 66.7 Å². The van der Waals surface area contributed by atoms with Crippen LogP contribution in [0.5, 0.6) is 11.5 Å². The number of nitrogens with zero attached hydrogens (tertiary/aromatic N) is 4. The van der Waals surface area contributed by atoms with E-state index in [-0.39, 0.29) is 68.3 Å². The normalized spacial score (nSPS) is 17.0. The Hall–Kier alpha value is -5.15. The molecule has 12 nitrogen and oxygen atoms in total. The molecule has 2 heterocycles. The van der Waals surface area contributed by atoms with Crippen LogP contribution in [0.15, 0.2) is 103 Å². The van der Waals surface area contributed by atoms with E-state index in [0.717, 1.165) is 16.7 Å². The third kappa shape index (κ3) is 10.3. The van der Waals surface area contributed by atoms with Gasteiger partial charge in [0.15, 0.2) is 0 Å². The van der Waals surface area contributed by atoms with Gasteiger partial charge in [-0.2, -0.15) is 5.26 Å². The minimum atomic E-state index is -1.63. The molecule has 3 unspecified atom stereocenters. The van der Waals surface area contributed by atoms with Crippen molar-refractivity contribution in [3.8, 4) is 17.6 Å². The van der Waals surface area contributed by atoms with Crippen molar-refractivity contribution in [2.24, 2.45) is 5.92 Å². The van der Waals surface area contributed by atoms with Gasteiger partial charge < -0.3 is 28.2 Å². The zero-order valence-corrected chi connectivity index (χ0v) is 36.9. The number of benzene rings is 4. The average molecular weight is 849 g/mol. The number of carbonyl (C=O) groups is 3. The number of hydrogen-bond donors (Lipinski definition) is 0. The molecule has 0 aromatic heterocycles. The van der Waals surface area contributed by atoms with E-state index in [1.165, 1.54) is 4.90 Å². The summed E-state index contributed by atoms with van der Waals surface area (Å²) in [6.07, 6.45) is 0.997. The molecule has 13 heteroatoms. The third-order valence-corrected chi connectivity index (χ3v) is 13.4. The zero-order chi connectivity index (χ0) is 43.5. The first-order chi connectivity index (χ1) is 29.5. The first kappa shape index (κ1) is 45.4. The first-order valence-corrected chi connectivity index (χ1v) is 22.1. The molecule has 3 amide bonds. The first-order valence-electron chi connectivity index (χ1n) is 21.0. The van der Waals surface area contributed by atoms with E-state index < -0.39 is 20.2 Å². The number of methoxy groups -OCH3 is 2. The number of unbranched alkanes of at least 4 members (excludes halogenated alkanes) is 1. The molecule has 4 aromatic carbocycles. The number of amides is 3. The maximum Gasteiger partial charge on any atom is 0.261 e. The summed E-state index contributed by atoms with van der Waals surface area (Å²) >= 11 is 0. The molecule has 0 saturated carbocycles. The number of hydrogen-bond acceptors (Lipinski definition) is 10. The Kier molecular flexibility index (Phi) is 15.7. The minimum Gasteiger partial charge on any atom is -0.497 e. The molecule has 0 aliphatic carbocycles. The fourth-order valence-electron chi connectivity index (χ4n) is 8.19. The molecule has 0 bridgehead atoms. The summed E-state index contributed by atoms with van der Waals surface area (Å²) in [5.41, 5.74) is 2.44. The maximum atomic E-state index is 14.1. The van der Waals surface area contributed by atoms with Crippen molar-refractivity contribution in [2.75, 3.05) is 47.1 Å². The Labute approximate surface area is 361 Å². The molecule has 322 valence electrons. The van der Waals surface area contributed by atoms with Crippen LogP contribution in [0, 0.1) is 17.2 Å². The van der Waals surface area contributed by atoms with Gasteiger partial charge in [-0.25, -0.2) is 4.67 Å². The van der Waals surface area contributed by atoms with Crippen LogP contribution < -0.4 is 9.47 Å². The number of ether oxygens (including phenoxy) is 3. The highest BCUT2D eigenvalue weighted by Gasteiger charge is 2.44. The van der Waals surface area contributed by atoms with Crippen LogP contribution in [0.3, 0.4) is 0 Å². The van der Waals surface area contributed by atoms with Gasteiger partial charge in [-0.05, 0) is 93.6 Å². The van der Waals surface area contributed by atoms with Crippen LogP contribution in [-0.2, 0) is 24.2 Å². The zero-order valence-electron chi connectivity index (χ0n) is 36.0. The number of nitriles is 1. The highest BCUT2D eigenvalue weighted by Crippen LogP contribution is 2.49. The lowest BCUT2D eigenvalue weighted by Crippen LogP contribution is -2.38. The standard InChI is InChI=1S/C48H57N4O8P/c1-34(2)52(35(3)4)61(59-30-14-28-49)60-44-32-50(45(53)19-12-13-29-51-46(54)42-17-10-11-18-43(42)47(51)55)31-36(44)33-58-48(37-15-8-7-9-16-37,38-20-24-40(56-5)25-21-38)39-22-26-41(57-6)27-23-39/h7-11,15-18,20-27,34-36,44H,12-14,19,29-33H2,1-6H3. The predicted octanol–water partition coefficient (Wildman–Crippen LogP) is 8.60. The van der Waals surface area contributed by atoms with Gasteiger partial charge in [-0.15, -0.1) is 0 Å². The van der Waals surface area contributed by atoms with Crippen molar-refractivity contribution in [1.29, 1.82) is 5.26 Å². The number of carbonyl (C=O) groups excluding carboxylic acids is 3. The Bertz CT molecular complexity index is 2040. The van der Waals surface area contributed by atoms with Crippen LogP contribution >= 0.6 is 8.53 Å². The largest absolute Gasteiger partial charge is 0.497 e. The minimum absolute atomic E-state index is 0.0441. The summed E-state index contributed by atoms with van der Waals surface area (Å²) in [4.78, 5) is 43.1. The quantitative estimate of drug-likeness (QED) is 0.0348. The van der Waals surface area contributed by atoms with Crippen molar-refractivity contribution in [1.82, 2.24) is 14.5 Å². The molecule has 0 radical (unpaired) electrons. The van der Waals surface area contributed by atoms with Gasteiger partial charge in [-0.3, -0.25) is 19.3 Å². The van der Waals surface area contributed by atoms with Crippen molar-refractivity contribution in [2.45, 2.75) is 77.2 Å². The molecule has 2 aliphatic heterocycles. The van der Waals surface area contributed by atoms with Gasteiger partial charge in [0.05, 0.1) is 57.2 Å². The van der Waals surface area contributed by atoms with Gasteiger partial charge in [0, 0.05) is 44.1 Å². The Morgan fingerprint density at radius 1 is 0.787 bits per heavy atom. The van der Waals surface area contributed by atoms with Crippen molar-refractivity contribution < 1.29 is 37.6 Å². The third-order valence-electron chi connectivity index (χ3n) is 11.2. The molecular formula is C48H57N4O8P. The van der Waals surface area contributed by atoms with E-state index in [0.29, 0.717) is 48.6 Å². The Morgan fingerprint density at radius 2 is 1.33 bits per heavy atom. The van der Waals surface area contributed by atoms with E-state index in [2.05, 4.69) is 50.6 Å². The van der Waals surface area contributed by atoms with Gasteiger partial charge in [0.1, 0.15) is 17.1 Å². The second-order valence-electron chi connectivity index (χ2n) is 15.8. The topological polar surface area (TPSA) is 131 Å². The van der Waals surface area contributed by atoms with E-state index in [4.69, 9.17) is 23.3 Å². The van der Waals surface area contributed by atoms with E-state index in [1.54, 1.807) is 38.5 Å². The fraction of sp³-hybridized carbons (Fsp3) is 0.417. The molecule has 61 heavy (non-hydrogen) atoms. The van der Waals surface area contributed by atoms with E-state index in [9.17, 15) is 19.6 Å². The van der Waals surface area contributed by atoms with Crippen LogP contribution in [0.2, 0.25) is 0 Å². The van der Waals surface area contributed by atoms with Crippen molar-refractivity contribution in [3.05, 3.63) is 131 Å². The SMILES string of the molecule is COc1ccc(C(OCC2CN(C(=O)CCCCN3C(=O)c4ccccc4C3=O)CC2OP(OCCC#N)N(C(C)C)C(C)C)(c2ccccc2)c2ccc(OC)cc2)cc1. The van der Waals surface area contributed by atoms with Crippen molar-refractivity contribution >= 4 is 26.2 Å². The van der Waals surface area contributed by atoms with Gasteiger partial charge in [0.2, 0.25) is 5.91 Å². The molecular weight excluding hydrogens is 792 g/mol. The average Bonchev–Trinajstić information content (AvgIpc) is 3.79. The maximum absolute atomic E-state index is 14.1. The molecule has 3 atom stereocenters. The van der Waals surface area contributed by atoms with Crippen LogP contribution in [-0.4, -0.2) is 97.4 Å².